The molecule has 0 aliphatic heterocycles. The van der Waals surface area contributed by atoms with Crippen LogP contribution in [0.3, 0.4) is 0 Å². The molecule has 0 spiro atoms. The van der Waals surface area contributed by atoms with Crippen LogP contribution in [0.4, 0.5) is 0 Å². The van der Waals surface area contributed by atoms with E-state index < -0.39 is 5.91 Å². The monoisotopic (exact) mass is 211 g/mol. The number of carbonyl (C=O) groups excluding carboxylic acids is 1. The van der Waals surface area contributed by atoms with E-state index in [9.17, 15) is 4.79 Å². The molecule has 0 aliphatic carbocycles. The van der Waals surface area contributed by atoms with E-state index in [1.807, 2.05) is 0 Å². The van der Waals surface area contributed by atoms with Gasteiger partial charge in [-0.1, -0.05) is 0 Å². The number of benzene rings is 1. The predicted molar refractivity (Wildman–Crippen MR) is 53.4 cm³/mol. The molecule has 1 amide bonds. The van der Waals surface area contributed by atoms with Gasteiger partial charge in [-0.25, -0.2) is 5.06 Å². The summed E-state index contributed by atoms with van der Waals surface area (Å²) in [6.07, 6.45) is 0. The maximum absolute atomic E-state index is 11.5. The van der Waals surface area contributed by atoms with E-state index in [-0.39, 0.29) is 5.56 Å². The summed E-state index contributed by atoms with van der Waals surface area (Å²) >= 11 is 0. The number of amides is 1. The molecule has 0 saturated heterocycles. The largest absolute Gasteiger partial charge is 0.497 e. The molecule has 1 N–H and O–H groups in total. The van der Waals surface area contributed by atoms with Gasteiger partial charge in [0.25, 0.3) is 5.91 Å². The summed E-state index contributed by atoms with van der Waals surface area (Å²) in [5.74, 6) is 0.416. The Labute approximate surface area is 87.8 Å². The number of carbonyl (C=O) groups is 1. The van der Waals surface area contributed by atoms with Gasteiger partial charge in [-0.2, -0.15) is 0 Å². The van der Waals surface area contributed by atoms with E-state index >= 15 is 0 Å². The smallest absolute Gasteiger partial charge is 0.280 e. The quantitative estimate of drug-likeness (QED) is 0.602. The van der Waals surface area contributed by atoms with Crippen molar-refractivity contribution in [2.45, 2.75) is 0 Å². The van der Waals surface area contributed by atoms with E-state index in [1.165, 1.54) is 27.3 Å². The van der Waals surface area contributed by atoms with Gasteiger partial charge in [0.1, 0.15) is 11.5 Å². The van der Waals surface area contributed by atoms with Gasteiger partial charge in [0.2, 0.25) is 0 Å². The average Bonchev–Trinajstić information content (AvgIpc) is 2.27. The van der Waals surface area contributed by atoms with Gasteiger partial charge < -0.3 is 9.47 Å². The molecule has 1 aromatic rings. The zero-order valence-corrected chi connectivity index (χ0v) is 8.85. The lowest BCUT2D eigenvalue weighted by Gasteiger charge is -2.12. The number of ether oxygens (including phenoxy) is 2. The Morgan fingerprint density at radius 1 is 1.33 bits per heavy atom. The fourth-order valence-electron chi connectivity index (χ4n) is 1.15. The highest BCUT2D eigenvalue weighted by molar-refractivity contribution is 5.96. The summed E-state index contributed by atoms with van der Waals surface area (Å²) in [5.41, 5.74) is 0.281. The second-order valence-corrected chi connectivity index (χ2v) is 2.89. The summed E-state index contributed by atoms with van der Waals surface area (Å²) in [5, 5.41) is 9.52. The highest BCUT2D eigenvalue weighted by Crippen LogP contribution is 2.25. The van der Waals surface area contributed by atoms with Crippen LogP contribution in [-0.4, -0.2) is 37.4 Å². The third-order valence-corrected chi connectivity index (χ3v) is 1.93. The second kappa shape index (κ2) is 4.65. The SMILES string of the molecule is COc1ccc(C(=O)N(C)O)c(OC)c1. The Balaban J connectivity index is 3.13. The number of hydroxylamine groups is 2. The number of nitrogens with zero attached hydrogens (tertiary/aromatic N) is 1. The zero-order chi connectivity index (χ0) is 11.4. The van der Waals surface area contributed by atoms with Crippen LogP contribution in [0.2, 0.25) is 0 Å². The molecular weight excluding hydrogens is 198 g/mol. The Kier molecular flexibility index (Phi) is 3.51. The van der Waals surface area contributed by atoms with E-state index in [1.54, 1.807) is 12.1 Å². The number of rotatable bonds is 3. The molecule has 5 heteroatoms. The van der Waals surface area contributed by atoms with Crippen LogP contribution in [0.1, 0.15) is 10.4 Å². The summed E-state index contributed by atoms with van der Waals surface area (Å²) < 4.78 is 10.0. The maximum Gasteiger partial charge on any atom is 0.280 e. The van der Waals surface area contributed by atoms with Crippen LogP contribution in [0.25, 0.3) is 0 Å². The van der Waals surface area contributed by atoms with Crippen molar-refractivity contribution in [2.75, 3.05) is 21.3 Å². The van der Waals surface area contributed by atoms with E-state index in [0.717, 1.165) is 0 Å². The molecule has 0 heterocycles. The number of methoxy groups -OCH3 is 2. The summed E-state index contributed by atoms with van der Waals surface area (Å²) in [7, 11) is 4.23. The van der Waals surface area contributed by atoms with Gasteiger partial charge in [-0.3, -0.25) is 10.0 Å². The first-order valence-electron chi connectivity index (χ1n) is 4.29. The molecule has 82 valence electrons. The van der Waals surface area contributed by atoms with Crippen LogP contribution in [0.15, 0.2) is 18.2 Å². The molecule has 0 fully saturated rings. The van der Waals surface area contributed by atoms with E-state index in [4.69, 9.17) is 14.7 Å². The molecule has 0 radical (unpaired) electrons. The molecule has 5 nitrogen and oxygen atoms in total. The molecule has 0 unspecified atom stereocenters. The lowest BCUT2D eigenvalue weighted by atomic mass is 10.2. The van der Waals surface area contributed by atoms with Gasteiger partial charge in [0.15, 0.2) is 0 Å². The molecule has 1 aromatic carbocycles. The standard InChI is InChI=1S/C10H13NO4/c1-11(13)10(12)8-5-4-7(14-2)6-9(8)15-3/h4-6,13H,1-3H3. The number of hydrogen-bond acceptors (Lipinski definition) is 4. The number of hydrogen-bond donors (Lipinski definition) is 1. The molecular formula is C10H13NO4. The van der Waals surface area contributed by atoms with Gasteiger partial charge in [-0.05, 0) is 12.1 Å². The minimum atomic E-state index is -0.533. The van der Waals surface area contributed by atoms with Crippen LogP contribution < -0.4 is 9.47 Å². The van der Waals surface area contributed by atoms with Gasteiger partial charge in [-0.15, -0.1) is 0 Å². The maximum atomic E-state index is 11.5. The molecule has 0 atom stereocenters. The van der Waals surface area contributed by atoms with E-state index in [0.29, 0.717) is 16.6 Å². The van der Waals surface area contributed by atoms with Crippen molar-refractivity contribution in [3.8, 4) is 11.5 Å². The topological polar surface area (TPSA) is 59.0 Å². The summed E-state index contributed by atoms with van der Waals surface area (Å²) in [4.78, 5) is 11.5. The van der Waals surface area contributed by atoms with Crippen LogP contribution in [0.5, 0.6) is 11.5 Å². The van der Waals surface area contributed by atoms with Crippen LogP contribution in [-0.2, 0) is 0 Å². The molecule has 15 heavy (non-hydrogen) atoms. The van der Waals surface area contributed by atoms with Crippen LogP contribution in [0, 0.1) is 0 Å². The van der Waals surface area contributed by atoms with E-state index in [2.05, 4.69) is 0 Å². The highest BCUT2D eigenvalue weighted by Gasteiger charge is 2.15. The van der Waals surface area contributed by atoms with Crippen molar-refractivity contribution < 1.29 is 19.5 Å². The Morgan fingerprint density at radius 3 is 2.47 bits per heavy atom. The molecule has 1 rings (SSSR count). The third-order valence-electron chi connectivity index (χ3n) is 1.93. The summed E-state index contributed by atoms with van der Waals surface area (Å²) in [6.45, 7) is 0. The normalized spacial score (nSPS) is 9.60. The molecule has 0 bridgehead atoms. The highest BCUT2D eigenvalue weighted by atomic mass is 16.5. The Morgan fingerprint density at radius 2 is 2.00 bits per heavy atom. The first kappa shape index (κ1) is 11.3. The van der Waals surface area contributed by atoms with Crippen molar-refractivity contribution in [1.29, 1.82) is 0 Å². The lowest BCUT2D eigenvalue weighted by molar-refractivity contribution is -0.0377. The van der Waals surface area contributed by atoms with Crippen LogP contribution >= 0.6 is 0 Å². The molecule has 0 aromatic heterocycles. The van der Waals surface area contributed by atoms with Gasteiger partial charge in [0.05, 0.1) is 19.8 Å². The zero-order valence-electron chi connectivity index (χ0n) is 8.85. The fourth-order valence-corrected chi connectivity index (χ4v) is 1.15. The molecule has 0 aliphatic rings. The van der Waals surface area contributed by atoms with Crippen molar-refractivity contribution in [3.05, 3.63) is 23.8 Å². The summed E-state index contributed by atoms with van der Waals surface area (Å²) in [6, 6.07) is 4.74. The predicted octanol–water partition coefficient (Wildman–Crippen LogP) is 1.17. The average molecular weight is 211 g/mol. The van der Waals surface area contributed by atoms with Crippen molar-refractivity contribution in [2.24, 2.45) is 0 Å². The van der Waals surface area contributed by atoms with Crippen molar-refractivity contribution in [3.63, 3.8) is 0 Å². The van der Waals surface area contributed by atoms with Crippen molar-refractivity contribution in [1.82, 2.24) is 5.06 Å². The molecule has 0 saturated carbocycles. The first-order valence-corrected chi connectivity index (χ1v) is 4.29. The third kappa shape index (κ3) is 2.38. The second-order valence-electron chi connectivity index (χ2n) is 2.89. The van der Waals surface area contributed by atoms with Gasteiger partial charge in [0, 0.05) is 13.1 Å². The Hall–Kier alpha value is -1.75. The Bertz CT molecular complexity index is 362. The fraction of sp³-hybridized carbons (Fsp3) is 0.300. The van der Waals surface area contributed by atoms with Gasteiger partial charge >= 0.3 is 0 Å². The van der Waals surface area contributed by atoms with Crippen molar-refractivity contribution >= 4 is 5.91 Å². The lowest BCUT2D eigenvalue weighted by Crippen LogP contribution is -2.22. The minimum Gasteiger partial charge on any atom is -0.497 e. The first-order chi connectivity index (χ1) is 7.10. The minimum absolute atomic E-state index is 0.281.